The molecule has 0 aromatic carbocycles. The first kappa shape index (κ1) is 12.8. The van der Waals surface area contributed by atoms with Crippen LogP contribution in [0.15, 0.2) is 0 Å². The lowest BCUT2D eigenvalue weighted by Gasteiger charge is -2.45. The molecule has 2 aliphatic heterocycles. The Kier molecular flexibility index (Phi) is 4.40. The first-order chi connectivity index (χ1) is 8.24. The van der Waals surface area contributed by atoms with Crippen LogP contribution in [0.1, 0.15) is 32.6 Å². The highest BCUT2D eigenvalue weighted by atomic mass is 16.2. The molecule has 1 atom stereocenters. The Hall–Kier alpha value is -0.610. The van der Waals surface area contributed by atoms with Gasteiger partial charge in [0, 0.05) is 19.6 Å². The molecule has 4 nitrogen and oxygen atoms in total. The van der Waals surface area contributed by atoms with E-state index < -0.39 is 0 Å². The largest absolute Gasteiger partial charge is 0.355 e. The average Bonchev–Trinajstić information content (AvgIpc) is 2.30. The summed E-state index contributed by atoms with van der Waals surface area (Å²) in [4.78, 5) is 13.9. The van der Waals surface area contributed by atoms with Crippen molar-refractivity contribution >= 4 is 5.91 Å². The molecule has 2 heterocycles. The van der Waals surface area contributed by atoms with Gasteiger partial charge in [-0.1, -0.05) is 0 Å². The van der Waals surface area contributed by atoms with Gasteiger partial charge in [-0.25, -0.2) is 0 Å². The lowest BCUT2D eigenvalue weighted by Crippen LogP contribution is -2.52. The molecule has 2 fully saturated rings. The van der Waals surface area contributed by atoms with Gasteiger partial charge in [-0.05, 0) is 51.1 Å². The lowest BCUT2D eigenvalue weighted by molar-refractivity contribution is -0.123. The number of likely N-dealkylation sites (tertiary alicyclic amines) is 1. The number of nitrogens with zero attached hydrogens (tertiary/aromatic N) is 1. The third kappa shape index (κ3) is 3.42. The number of piperidine rings is 2. The summed E-state index contributed by atoms with van der Waals surface area (Å²) in [6.07, 6.45) is 5.17. The standard InChI is InChI=1S/C13H25N3O/c1-2-15-12(17)9-16-8-4-6-13(11-16)5-3-7-14-10-13/h14H,2-11H2,1H3,(H,15,17). The monoisotopic (exact) mass is 239 g/mol. The molecule has 2 rings (SSSR count). The van der Waals surface area contributed by atoms with Gasteiger partial charge in [-0.3, -0.25) is 9.69 Å². The number of hydrogen-bond acceptors (Lipinski definition) is 3. The van der Waals surface area contributed by atoms with Crippen molar-refractivity contribution in [2.45, 2.75) is 32.6 Å². The van der Waals surface area contributed by atoms with Crippen molar-refractivity contribution < 1.29 is 4.79 Å². The smallest absolute Gasteiger partial charge is 0.234 e. The Morgan fingerprint density at radius 2 is 2.24 bits per heavy atom. The van der Waals surface area contributed by atoms with Crippen LogP contribution in [0.25, 0.3) is 0 Å². The second kappa shape index (κ2) is 5.83. The van der Waals surface area contributed by atoms with Crippen LogP contribution in [0.4, 0.5) is 0 Å². The minimum Gasteiger partial charge on any atom is -0.355 e. The van der Waals surface area contributed by atoms with E-state index in [2.05, 4.69) is 15.5 Å². The number of likely N-dealkylation sites (N-methyl/N-ethyl adjacent to an activating group) is 1. The van der Waals surface area contributed by atoms with Gasteiger partial charge >= 0.3 is 0 Å². The van der Waals surface area contributed by atoms with Crippen LogP contribution in [0.2, 0.25) is 0 Å². The van der Waals surface area contributed by atoms with Crippen LogP contribution in [-0.4, -0.2) is 50.1 Å². The number of carbonyl (C=O) groups excluding carboxylic acids is 1. The number of rotatable bonds is 3. The highest BCUT2D eigenvalue weighted by molar-refractivity contribution is 5.77. The Labute approximate surface area is 104 Å². The maximum atomic E-state index is 11.6. The van der Waals surface area contributed by atoms with E-state index in [0.29, 0.717) is 12.0 Å². The third-order valence-corrected chi connectivity index (χ3v) is 4.04. The highest BCUT2D eigenvalue weighted by Gasteiger charge is 2.36. The average molecular weight is 239 g/mol. The molecule has 4 heteroatoms. The van der Waals surface area contributed by atoms with Gasteiger partial charge in [0.05, 0.1) is 6.54 Å². The SMILES string of the molecule is CCNC(=O)CN1CCCC2(CCCNC2)C1. The topological polar surface area (TPSA) is 44.4 Å². The molecule has 0 bridgehead atoms. The Morgan fingerprint density at radius 1 is 1.41 bits per heavy atom. The Bertz CT molecular complexity index is 256. The minimum absolute atomic E-state index is 0.174. The van der Waals surface area contributed by atoms with Gasteiger partial charge < -0.3 is 10.6 Å². The van der Waals surface area contributed by atoms with E-state index in [1.165, 1.54) is 25.7 Å². The fourth-order valence-electron chi connectivity index (χ4n) is 3.28. The summed E-state index contributed by atoms with van der Waals surface area (Å²) >= 11 is 0. The van der Waals surface area contributed by atoms with Crippen LogP contribution < -0.4 is 10.6 Å². The first-order valence-corrected chi connectivity index (χ1v) is 6.94. The van der Waals surface area contributed by atoms with E-state index in [0.717, 1.165) is 32.7 Å². The number of carbonyl (C=O) groups is 1. The first-order valence-electron chi connectivity index (χ1n) is 6.94. The summed E-state index contributed by atoms with van der Waals surface area (Å²) in [5.41, 5.74) is 0.447. The van der Waals surface area contributed by atoms with E-state index in [1.807, 2.05) is 6.92 Å². The molecule has 1 spiro atoms. The molecule has 98 valence electrons. The van der Waals surface area contributed by atoms with Crippen molar-refractivity contribution in [3.63, 3.8) is 0 Å². The van der Waals surface area contributed by atoms with Gasteiger partial charge in [0.25, 0.3) is 0 Å². The number of hydrogen-bond donors (Lipinski definition) is 2. The molecule has 2 aliphatic rings. The second-order valence-electron chi connectivity index (χ2n) is 5.55. The van der Waals surface area contributed by atoms with E-state index in [4.69, 9.17) is 0 Å². The molecule has 17 heavy (non-hydrogen) atoms. The zero-order chi connectivity index (χ0) is 12.1. The van der Waals surface area contributed by atoms with E-state index in [9.17, 15) is 4.79 Å². The zero-order valence-electron chi connectivity index (χ0n) is 10.9. The van der Waals surface area contributed by atoms with Crippen LogP contribution in [0.3, 0.4) is 0 Å². The van der Waals surface area contributed by atoms with Crippen molar-refractivity contribution in [1.29, 1.82) is 0 Å². The van der Waals surface area contributed by atoms with Gasteiger partial charge in [-0.2, -0.15) is 0 Å². The molecule has 1 unspecified atom stereocenters. The number of nitrogens with one attached hydrogen (secondary N) is 2. The molecular weight excluding hydrogens is 214 g/mol. The molecule has 2 N–H and O–H groups in total. The van der Waals surface area contributed by atoms with E-state index in [-0.39, 0.29) is 5.91 Å². The highest BCUT2D eigenvalue weighted by Crippen LogP contribution is 2.35. The molecule has 0 aliphatic carbocycles. The maximum Gasteiger partial charge on any atom is 0.234 e. The summed E-state index contributed by atoms with van der Waals surface area (Å²) in [7, 11) is 0. The minimum atomic E-state index is 0.174. The summed E-state index contributed by atoms with van der Waals surface area (Å²) in [6, 6.07) is 0. The Morgan fingerprint density at radius 3 is 2.94 bits per heavy atom. The molecule has 1 amide bonds. The van der Waals surface area contributed by atoms with Crippen LogP contribution in [0.5, 0.6) is 0 Å². The van der Waals surface area contributed by atoms with Crippen molar-refractivity contribution in [1.82, 2.24) is 15.5 Å². The molecular formula is C13H25N3O. The lowest BCUT2D eigenvalue weighted by atomic mass is 9.74. The van der Waals surface area contributed by atoms with Crippen molar-refractivity contribution in [2.24, 2.45) is 5.41 Å². The van der Waals surface area contributed by atoms with Crippen molar-refractivity contribution in [3.05, 3.63) is 0 Å². The molecule has 0 radical (unpaired) electrons. The predicted octanol–water partition coefficient (Wildman–Crippen LogP) is 0.588. The number of amides is 1. The zero-order valence-corrected chi connectivity index (χ0v) is 10.9. The molecule has 2 saturated heterocycles. The quantitative estimate of drug-likeness (QED) is 0.757. The van der Waals surface area contributed by atoms with Gasteiger partial charge in [0.2, 0.25) is 5.91 Å². The summed E-state index contributed by atoms with van der Waals surface area (Å²) in [5, 5.41) is 6.41. The van der Waals surface area contributed by atoms with Gasteiger partial charge in [-0.15, -0.1) is 0 Å². The van der Waals surface area contributed by atoms with E-state index in [1.54, 1.807) is 0 Å². The van der Waals surface area contributed by atoms with Crippen LogP contribution in [0, 0.1) is 5.41 Å². The van der Waals surface area contributed by atoms with Crippen LogP contribution >= 0.6 is 0 Å². The fourth-order valence-corrected chi connectivity index (χ4v) is 3.28. The van der Waals surface area contributed by atoms with Crippen molar-refractivity contribution in [3.8, 4) is 0 Å². The predicted molar refractivity (Wildman–Crippen MR) is 68.9 cm³/mol. The second-order valence-corrected chi connectivity index (χ2v) is 5.55. The summed E-state index contributed by atoms with van der Waals surface area (Å²) in [5.74, 6) is 0.174. The van der Waals surface area contributed by atoms with Gasteiger partial charge in [0.15, 0.2) is 0 Å². The maximum absolute atomic E-state index is 11.6. The normalized spacial score (nSPS) is 30.4. The summed E-state index contributed by atoms with van der Waals surface area (Å²) in [6.45, 7) is 7.77. The fraction of sp³-hybridized carbons (Fsp3) is 0.923. The molecule has 0 aromatic heterocycles. The summed E-state index contributed by atoms with van der Waals surface area (Å²) < 4.78 is 0. The molecule has 0 aromatic rings. The van der Waals surface area contributed by atoms with Gasteiger partial charge in [0.1, 0.15) is 0 Å². The van der Waals surface area contributed by atoms with Crippen molar-refractivity contribution in [2.75, 3.05) is 39.3 Å². The molecule has 0 saturated carbocycles. The third-order valence-electron chi connectivity index (χ3n) is 4.04. The van der Waals surface area contributed by atoms with Crippen LogP contribution in [-0.2, 0) is 4.79 Å². The Balaban J connectivity index is 1.85. The van der Waals surface area contributed by atoms with E-state index >= 15 is 0 Å².